The van der Waals surface area contributed by atoms with E-state index < -0.39 is 34.3 Å². The predicted molar refractivity (Wildman–Crippen MR) is 157 cm³/mol. The molecule has 1 unspecified atom stereocenters. The molecule has 2 amide bonds. The van der Waals surface area contributed by atoms with E-state index in [0.29, 0.717) is 0 Å². The van der Waals surface area contributed by atoms with Crippen LogP contribution in [0.4, 0.5) is 10.1 Å². The first-order valence-corrected chi connectivity index (χ1v) is 15.6. The molecular formula is C30H33BrFN3O4S. The number of nitrogens with zero attached hydrogens (tertiary/aromatic N) is 2. The first kappa shape index (κ1) is 29.7. The quantitative estimate of drug-likeness (QED) is 0.314. The third-order valence-corrected chi connectivity index (χ3v) is 9.43. The van der Waals surface area contributed by atoms with Gasteiger partial charge in [-0.1, -0.05) is 65.5 Å². The molecule has 1 fully saturated rings. The normalized spacial score (nSPS) is 14.8. The zero-order chi connectivity index (χ0) is 28.7. The summed E-state index contributed by atoms with van der Waals surface area (Å²) in [5.74, 6) is -1.37. The summed E-state index contributed by atoms with van der Waals surface area (Å²) in [5.41, 5.74) is 0.926. The molecule has 0 spiro atoms. The van der Waals surface area contributed by atoms with Crippen LogP contribution in [0.25, 0.3) is 0 Å². The minimum atomic E-state index is -4.19. The fourth-order valence-electron chi connectivity index (χ4n) is 4.79. The Labute approximate surface area is 243 Å². The molecule has 1 aliphatic carbocycles. The largest absolute Gasteiger partial charge is 0.352 e. The lowest BCUT2D eigenvalue weighted by Gasteiger charge is -2.33. The summed E-state index contributed by atoms with van der Waals surface area (Å²) in [7, 11) is -4.19. The lowest BCUT2D eigenvalue weighted by molar-refractivity contribution is -0.139. The monoisotopic (exact) mass is 629 g/mol. The van der Waals surface area contributed by atoms with Crippen molar-refractivity contribution in [3.8, 4) is 0 Å². The Morgan fingerprint density at radius 2 is 1.57 bits per heavy atom. The third-order valence-electron chi connectivity index (χ3n) is 7.11. The average Bonchev–Trinajstić information content (AvgIpc) is 2.96. The highest BCUT2D eigenvalue weighted by Crippen LogP contribution is 2.25. The summed E-state index contributed by atoms with van der Waals surface area (Å²) >= 11 is 3.41. The summed E-state index contributed by atoms with van der Waals surface area (Å²) in [4.78, 5) is 28.7. The fraction of sp³-hybridized carbons (Fsp3) is 0.333. The number of hydrogen-bond donors (Lipinski definition) is 1. The fourth-order valence-corrected chi connectivity index (χ4v) is 6.49. The number of hydrogen-bond acceptors (Lipinski definition) is 4. The molecule has 1 N–H and O–H groups in total. The molecule has 3 aromatic carbocycles. The second kappa shape index (κ2) is 13.4. The smallest absolute Gasteiger partial charge is 0.264 e. The molecule has 4 rings (SSSR count). The molecule has 0 saturated heterocycles. The zero-order valence-corrected chi connectivity index (χ0v) is 24.7. The van der Waals surface area contributed by atoms with E-state index in [4.69, 9.17) is 0 Å². The number of carbonyl (C=O) groups is 2. The molecule has 1 aliphatic rings. The lowest BCUT2D eigenvalue weighted by Crippen LogP contribution is -2.53. The summed E-state index contributed by atoms with van der Waals surface area (Å²) < 4.78 is 43.0. The molecule has 40 heavy (non-hydrogen) atoms. The van der Waals surface area contributed by atoms with Gasteiger partial charge in [-0.25, -0.2) is 12.8 Å². The van der Waals surface area contributed by atoms with Crippen LogP contribution >= 0.6 is 15.9 Å². The number of anilines is 1. The standard InChI is InChI=1S/C30H33BrFN3O4S/c1-22(30(37)33-26-8-4-2-5-9-26)34(20-23-12-14-24(31)15-13-23)29(36)21-35(27-18-16-25(32)17-19-27)40(38,39)28-10-6-3-7-11-28/h3,6-7,10-19,22,26H,2,4-5,8-9,20-21H2,1H3,(H,33,37). The highest BCUT2D eigenvalue weighted by Gasteiger charge is 2.33. The Bertz CT molecular complexity index is 1400. The number of halogens is 2. The Hall–Kier alpha value is -3.24. The number of carbonyl (C=O) groups excluding carboxylic acids is 2. The van der Waals surface area contributed by atoms with Gasteiger partial charge in [-0.2, -0.15) is 0 Å². The molecule has 0 bridgehead atoms. The van der Waals surface area contributed by atoms with Crippen molar-refractivity contribution in [3.63, 3.8) is 0 Å². The van der Waals surface area contributed by atoms with E-state index in [-0.39, 0.29) is 29.1 Å². The van der Waals surface area contributed by atoms with E-state index in [2.05, 4.69) is 21.2 Å². The van der Waals surface area contributed by atoms with Crippen LogP contribution in [0.5, 0.6) is 0 Å². The van der Waals surface area contributed by atoms with Crippen LogP contribution in [-0.2, 0) is 26.2 Å². The van der Waals surface area contributed by atoms with Gasteiger partial charge in [-0.3, -0.25) is 13.9 Å². The topological polar surface area (TPSA) is 86.8 Å². The van der Waals surface area contributed by atoms with Crippen molar-refractivity contribution < 1.29 is 22.4 Å². The molecule has 1 atom stereocenters. The number of benzene rings is 3. The van der Waals surface area contributed by atoms with Gasteiger partial charge in [0.2, 0.25) is 11.8 Å². The van der Waals surface area contributed by atoms with Crippen LogP contribution < -0.4 is 9.62 Å². The maximum absolute atomic E-state index is 13.9. The van der Waals surface area contributed by atoms with Crippen LogP contribution in [0.15, 0.2) is 88.2 Å². The van der Waals surface area contributed by atoms with Crippen molar-refractivity contribution in [1.29, 1.82) is 0 Å². The van der Waals surface area contributed by atoms with E-state index in [1.807, 2.05) is 24.3 Å². The maximum atomic E-state index is 13.9. The number of sulfonamides is 1. The summed E-state index contributed by atoms with van der Waals surface area (Å²) in [6.07, 6.45) is 5.03. The van der Waals surface area contributed by atoms with Gasteiger partial charge < -0.3 is 10.2 Å². The molecule has 0 aliphatic heterocycles. The summed E-state index contributed by atoms with van der Waals surface area (Å²) in [6, 6.07) is 19.3. The molecule has 0 heterocycles. The molecule has 1 saturated carbocycles. The number of rotatable bonds is 10. The van der Waals surface area contributed by atoms with Crippen LogP contribution in [0.1, 0.15) is 44.6 Å². The lowest BCUT2D eigenvalue weighted by atomic mass is 9.95. The number of nitrogens with one attached hydrogen (secondary N) is 1. The Balaban J connectivity index is 1.65. The first-order valence-electron chi connectivity index (χ1n) is 13.3. The first-order chi connectivity index (χ1) is 19.1. The van der Waals surface area contributed by atoms with Gasteiger partial charge in [0, 0.05) is 17.1 Å². The van der Waals surface area contributed by atoms with E-state index in [0.717, 1.165) is 58.6 Å². The predicted octanol–water partition coefficient (Wildman–Crippen LogP) is 5.65. The van der Waals surface area contributed by atoms with Crippen LogP contribution in [-0.4, -0.2) is 43.8 Å². The molecule has 0 radical (unpaired) electrons. The van der Waals surface area contributed by atoms with E-state index in [9.17, 15) is 22.4 Å². The zero-order valence-electron chi connectivity index (χ0n) is 22.3. The van der Waals surface area contributed by atoms with Gasteiger partial charge in [0.1, 0.15) is 18.4 Å². The van der Waals surface area contributed by atoms with E-state index in [1.54, 1.807) is 25.1 Å². The van der Waals surface area contributed by atoms with Gasteiger partial charge in [0.05, 0.1) is 10.6 Å². The highest BCUT2D eigenvalue weighted by atomic mass is 79.9. The Morgan fingerprint density at radius 3 is 2.20 bits per heavy atom. The van der Waals surface area contributed by atoms with Gasteiger partial charge in [-0.05, 0) is 73.9 Å². The minimum Gasteiger partial charge on any atom is -0.352 e. The molecule has 7 nitrogen and oxygen atoms in total. The molecule has 3 aromatic rings. The van der Waals surface area contributed by atoms with Crippen molar-refractivity contribution in [2.45, 2.75) is 62.6 Å². The van der Waals surface area contributed by atoms with Gasteiger partial charge >= 0.3 is 0 Å². The Morgan fingerprint density at radius 1 is 0.950 bits per heavy atom. The van der Waals surface area contributed by atoms with Gasteiger partial charge in [-0.15, -0.1) is 0 Å². The van der Waals surface area contributed by atoms with E-state index in [1.165, 1.54) is 29.2 Å². The SMILES string of the molecule is CC(C(=O)NC1CCCCC1)N(Cc1ccc(Br)cc1)C(=O)CN(c1ccc(F)cc1)S(=O)(=O)c1ccccc1. The highest BCUT2D eigenvalue weighted by molar-refractivity contribution is 9.10. The van der Waals surface area contributed by atoms with Gasteiger partial charge in [0.15, 0.2) is 0 Å². The van der Waals surface area contributed by atoms with Crippen molar-refractivity contribution in [1.82, 2.24) is 10.2 Å². The summed E-state index contributed by atoms with van der Waals surface area (Å²) in [6.45, 7) is 1.19. The maximum Gasteiger partial charge on any atom is 0.264 e. The van der Waals surface area contributed by atoms with Crippen molar-refractivity contribution in [2.75, 3.05) is 10.8 Å². The minimum absolute atomic E-state index is 0.00493. The van der Waals surface area contributed by atoms with Crippen LogP contribution in [0.2, 0.25) is 0 Å². The molecule has 0 aromatic heterocycles. The third kappa shape index (κ3) is 7.48. The van der Waals surface area contributed by atoms with Crippen LogP contribution in [0.3, 0.4) is 0 Å². The van der Waals surface area contributed by atoms with Crippen molar-refractivity contribution in [2.24, 2.45) is 0 Å². The molecular weight excluding hydrogens is 597 g/mol. The molecule has 10 heteroatoms. The Kier molecular flexibility index (Phi) is 9.97. The second-order valence-electron chi connectivity index (χ2n) is 9.97. The van der Waals surface area contributed by atoms with Gasteiger partial charge in [0.25, 0.3) is 10.0 Å². The number of amides is 2. The van der Waals surface area contributed by atoms with Crippen molar-refractivity contribution >= 4 is 43.5 Å². The van der Waals surface area contributed by atoms with E-state index >= 15 is 0 Å². The molecule has 212 valence electrons. The van der Waals surface area contributed by atoms with Crippen molar-refractivity contribution in [3.05, 3.63) is 94.7 Å². The summed E-state index contributed by atoms with van der Waals surface area (Å²) in [5, 5.41) is 3.08. The average molecular weight is 631 g/mol. The van der Waals surface area contributed by atoms with Crippen LogP contribution in [0, 0.1) is 5.82 Å². The second-order valence-corrected chi connectivity index (χ2v) is 12.7.